The third-order valence-corrected chi connectivity index (χ3v) is 3.01. The molecule has 0 saturated carbocycles. The maximum absolute atomic E-state index is 10.9. The number of nitrogen functional groups attached to an aromatic ring is 1. The molecule has 0 aliphatic rings. The van der Waals surface area contributed by atoms with Crippen LogP contribution in [-0.4, -0.2) is 27.7 Å². The smallest absolute Gasteiger partial charge is 0.337 e. The Morgan fingerprint density at radius 3 is 2.79 bits per heavy atom. The van der Waals surface area contributed by atoms with Crippen molar-refractivity contribution < 1.29 is 9.90 Å². The lowest BCUT2D eigenvalue weighted by Crippen LogP contribution is -2.19. The van der Waals surface area contributed by atoms with E-state index in [0.717, 1.165) is 11.5 Å². The van der Waals surface area contributed by atoms with Crippen molar-refractivity contribution in [3.05, 3.63) is 42.0 Å². The summed E-state index contributed by atoms with van der Waals surface area (Å²) in [6.45, 7) is 0.620. The van der Waals surface area contributed by atoms with E-state index in [2.05, 4.69) is 4.98 Å². The Morgan fingerprint density at radius 2 is 2.26 bits per heavy atom. The lowest BCUT2D eigenvalue weighted by atomic mass is 10.1. The van der Waals surface area contributed by atoms with Gasteiger partial charge in [0.2, 0.25) is 0 Å². The molecule has 6 heteroatoms. The number of rotatable bonds is 4. The Kier molecular flexibility index (Phi) is 3.41. The highest BCUT2D eigenvalue weighted by Crippen LogP contribution is 2.21. The molecule has 3 N–H and O–H groups in total. The van der Waals surface area contributed by atoms with E-state index in [9.17, 15) is 4.79 Å². The van der Waals surface area contributed by atoms with Crippen LogP contribution in [0.5, 0.6) is 0 Å². The maximum atomic E-state index is 10.9. The van der Waals surface area contributed by atoms with E-state index >= 15 is 0 Å². The van der Waals surface area contributed by atoms with Gasteiger partial charge >= 0.3 is 5.97 Å². The van der Waals surface area contributed by atoms with Crippen LogP contribution in [-0.2, 0) is 13.6 Å². The van der Waals surface area contributed by atoms with E-state index in [1.807, 2.05) is 29.8 Å². The van der Waals surface area contributed by atoms with Gasteiger partial charge in [0.25, 0.3) is 0 Å². The molecule has 1 aromatic carbocycles. The van der Waals surface area contributed by atoms with Crippen LogP contribution in [0.15, 0.2) is 30.6 Å². The lowest BCUT2D eigenvalue weighted by molar-refractivity contribution is 0.0698. The first-order valence-electron chi connectivity index (χ1n) is 5.79. The van der Waals surface area contributed by atoms with Gasteiger partial charge in [0, 0.05) is 37.9 Å². The number of aryl methyl sites for hydroxylation is 1. The Hall–Kier alpha value is -2.50. The number of carboxylic acid groups (broad SMARTS) is 1. The van der Waals surface area contributed by atoms with Gasteiger partial charge in [-0.3, -0.25) is 0 Å². The molecular formula is C13H16N4O2. The first-order valence-corrected chi connectivity index (χ1v) is 5.79. The molecule has 0 bridgehead atoms. The van der Waals surface area contributed by atoms with Gasteiger partial charge in [-0.2, -0.15) is 0 Å². The number of nitrogens with two attached hydrogens (primary N) is 1. The van der Waals surface area contributed by atoms with E-state index in [-0.39, 0.29) is 11.3 Å². The average molecular weight is 260 g/mol. The summed E-state index contributed by atoms with van der Waals surface area (Å²) in [7, 11) is 3.84. The first kappa shape index (κ1) is 12.9. The monoisotopic (exact) mass is 260 g/mol. The van der Waals surface area contributed by atoms with E-state index < -0.39 is 5.97 Å². The highest BCUT2D eigenvalue weighted by atomic mass is 16.4. The predicted octanol–water partition coefficient (Wildman–Crippen LogP) is 1.34. The Balaban J connectivity index is 2.20. The molecule has 0 aliphatic carbocycles. The molecule has 0 radical (unpaired) electrons. The number of carboxylic acids is 1. The lowest BCUT2D eigenvalue weighted by Gasteiger charge is -2.19. The van der Waals surface area contributed by atoms with Crippen molar-refractivity contribution in [2.45, 2.75) is 6.54 Å². The summed E-state index contributed by atoms with van der Waals surface area (Å²) in [5, 5.41) is 8.93. The molecule has 2 aromatic rings. The van der Waals surface area contributed by atoms with Gasteiger partial charge in [-0.1, -0.05) is 0 Å². The standard InChI is InChI=1S/C13H16N4O2/c1-16-6-5-15-12(16)8-17(2)9-3-4-10(13(18)19)11(14)7-9/h3-7H,8,14H2,1-2H3,(H,18,19). The number of benzene rings is 1. The quantitative estimate of drug-likeness (QED) is 0.810. The van der Waals surface area contributed by atoms with Crippen molar-refractivity contribution in [2.75, 3.05) is 17.7 Å². The molecule has 0 unspecified atom stereocenters. The van der Waals surface area contributed by atoms with Crippen LogP contribution in [0.2, 0.25) is 0 Å². The van der Waals surface area contributed by atoms with Crippen molar-refractivity contribution >= 4 is 17.3 Å². The number of aromatic nitrogens is 2. The van der Waals surface area contributed by atoms with Crippen molar-refractivity contribution in [2.24, 2.45) is 7.05 Å². The largest absolute Gasteiger partial charge is 0.478 e. The summed E-state index contributed by atoms with van der Waals surface area (Å²) >= 11 is 0. The molecule has 100 valence electrons. The Morgan fingerprint density at radius 1 is 1.53 bits per heavy atom. The summed E-state index contributed by atoms with van der Waals surface area (Å²) in [6.07, 6.45) is 3.62. The number of carbonyl (C=O) groups is 1. The molecule has 19 heavy (non-hydrogen) atoms. The minimum Gasteiger partial charge on any atom is -0.478 e. The second kappa shape index (κ2) is 5.01. The highest BCUT2D eigenvalue weighted by Gasteiger charge is 2.11. The van der Waals surface area contributed by atoms with Crippen molar-refractivity contribution in [1.82, 2.24) is 9.55 Å². The van der Waals surface area contributed by atoms with Gasteiger partial charge in [-0.25, -0.2) is 9.78 Å². The van der Waals surface area contributed by atoms with Crippen LogP contribution in [0.1, 0.15) is 16.2 Å². The van der Waals surface area contributed by atoms with Gasteiger partial charge in [0.15, 0.2) is 0 Å². The molecule has 0 fully saturated rings. The second-order valence-electron chi connectivity index (χ2n) is 4.39. The van der Waals surface area contributed by atoms with Crippen LogP contribution >= 0.6 is 0 Å². The summed E-state index contributed by atoms with van der Waals surface area (Å²) in [6, 6.07) is 4.91. The number of nitrogens with zero attached hydrogens (tertiary/aromatic N) is 3. The molecule has 6 nitrogen and oxygen atoms in total. The van der Waals surface area contributed by atoms with Crippen LogP contribution in [0.4, 0.5) is 11.4 Å². The van der Waals surface area contributed by atoms with E-state index in [4.69, 9.17) is 10.8 Å². The van der Waals surface area contributed by atoms with Crippen molar-refractivity contribution in [3.8, 4) is 0 Å². The number of aromatic carboxylic acids is 1. The normalized spacial score (nSPS) is 10.4. The van der Waals surface area contributed by atoms with Gasteiger partial charge in [-0.05, 0) is 18.2 Å². The Labute approximate surface area is 111 Å². The van der Waals surface area contributed by atoms with E-state index in [1.165, 1.54) is 6.07 Å². The fourth-order valence-electron chi connectivity index (χ4n) is 1.83. The minimum atomic E-state index is -1.02. The van der Waals surface area contributed by atoms with Crippen molar-refractivity contribution in [1.29, 1.82) is 0 Å². The van der Waals surface area contributed by atoms with Gasteiger partial charge < -0.3 is 20.3 Å². The van der Waals surface area contributed by atoms with E-state index in [0.29, 0.717) is 6.54 Å². The van der Waals surface area contributed by atoms with Gasteiger partial charge in [0.1, 0.15) is 5.82 Å². The molecule has 0 atom stereocenters. The summed E-state index contributed by atoms with van der Waals surface area (Å²) in [5.74, 6) is -0.0980. The van der Waals surface area contributed by atoms with Crippen molar-refractivity contribution in [3.63, 3.8) is 0 Å². The molecule has 0 spiro atoms. The fourth-order valence-corrected chi connectivity index (χ4v) is 1.83. The highest BCUT2D eigenvalue weighted by molar-refractivity contribution is 5.94. The average Bonchev–Trinajstić information content (AvgIpc) is 2.74. The van der Waals surface area contributed by atoms with Crippen LogP contribution in [0.3, 0.4) is 0 Å². The third kappa shape index (κ3) is 2.67. The fraction of sp³-hybridized carbons (Fsp3) is 0.231. The van der Waals surface area contributed by atoms with E-state index in [1.54, 1.807) is 18.3 Å². The molecule has 2 rings (SSSR count). The molecule has 0 saturated heterocycles. The molecular weight excluding hydrogens is 244 g/mol. The number of imidazole rings is 1. The third-order valence-electron chi connectivity index (χ3n) is 3.01. The minimum absolute atomic E-state index is 0.120. The number of anilines is 2. The molecule has 1 aromatic heterocycles. The van der Waals surface area contributed by atoms with Gasteiger partial charge in [0.05, 0.1) is 12.1 Å². The van der Waals surface area contributed by atoms with Gasteiger partial charge in [-0.15, -0.1) is 0 Å². The molecule has 0 amide bonds. The number of hydrogen-bond donors (Lipinski definition) is 2. The summed E-state index contributed by atoms with van der Waals surface area (Å²) in [5.41, 5.74) is 6.97. The van der Waals surface area contributed by atoms with Crippen LogP contribution in [0, 0.1) is 0 Å². The molecule has 1 heterocycles. The van der Waals surface area contributed by atoms with Crippen LogP contribution < -0.4 is 10.6 Å². The maximum Gasteiger partial charge on any atom is 0.337 e. The first-order chi connectivity index (χ1) is 8.99. The zero-order valence-corrected chi connectivity index (χ0v) is 10.9. The zero-order chi connectivity index (χ0) is 14.0. The predicted molar refractivity (Wildman–Crippen MR) is 73.1 cm³/mol. The number of hydrogen-bond acceptors (Lipinski definition) is 4. The Bertz CT molecular complexity index is 606. The SMILES string of the molecule is CN(Cc1nccn1C)c1ccc(C(=O)O)c(N)c1. The topological polar surface area (TPSA) is 84.4 Å². The summed E-state index contributed by atoms with van der Waals surface area (Å²) in [4.78, 5) is 17.1. The van der Waals surface area contributed by atoms with Crippen LogP contribution in [0.25, 0.3) is 0 Å². The molecule has 0 aliphatic heterocycles. The zero-order valence-electron chi connectivity index (χ0n) is 10.9. The second-order valence-corrected chi connectivity index (χ2v) is 4.39. The summed E-state index contributed by atoms with van der Waals surface area (Å²) < 4.78 is 1.94.